The Bertz CT molecular complexity index is 847. The van der Waals surface area contributed by atoms with E-state index >= 15 is 0 Å². The van der Waals surface area contributed by atoms with Gasteiger partial charge in [0.05, 0.1) is 4.92 Å². The molecule has 5 nitrogen and oxygen atoms in total. The molecule has 0 heterocycles. The summed E-state index contributed by atoms with van der Waals surface area (Å²) in [6.07, 6.45) is 0. The van der Waals surface area contributed by atoms with E-state index in [1.54, 1.807) is 60.7 Å². The van der Waals surface area contributed by atoms with Gasteiger partial charge in [-0.2, -0.15) is 0 Å². The molecular weight excluding hydrogens is 304 g/mol. The molecule has 0 spiro atoms. The largest absolute Gasteiger partial charge is 0.277 e. The van der Waals surface area contributed by atoms with Crippen molar-refractivity contribution in [3.63, 3.8) is 0 Å². The molecule has 3 aromatic rings. The molecule has 24 heavy (non-hydrogen) atoms. The first kappa shape index (κ1) is 15.4. The molecule has 0 fully saturated rings. The summed E-state index contributed by atoms with van der Waals surface area (Å²) in [5.74, 6) is -0.212. The van der Waals surface area contributed by atoms with Gasteiger partial charge in [0.15, 0.2) is 0 Å². The zero-order valence-corrected chi connectivity index (χ0v) is 12.6. The molecular formula is C19H13N2O3. The molecule has 1 radical (unpaired) electrons. The number of benzene rings is 3. The van der Waals surface area contributed by atoms with E-state index in [4.69, 9.17) is 0 Å². The van der Waals surface area contributed by atoms with Crippen LogP contribution in [-0.2, 0) is 0 Å². The summed E-state index contributed by atoms with van der Waals surface area (Å²) in [5.41, 5.74) is 1.73. The van der Waals surface area contributed by atoms with E-state index in [-0.39, 0.29) is 11.6 Å². The predicted molar refractivity (Wildman–Crippen MR) is 91.3 cm³/mol. The van der Waals surface area contributed by atoms with Crippen molar-refractivity contribution in [1.82, 2.24) is 0 Å². The Morgan fingerprint density at radius 3 is 2.04 bits per heavy atom. The lowest BCUT2D eigenvalue weighted by Gasteiger charge is -2.23. The molecule has 0 saturated carbocycles. The fourth-order valence-electron chi connectivity index (χ4n) is 2.34. The maximum Gasteiger partial charge on any atom is 0.269 e. The molecule has 0 unspecified atom stereocenters. The predicted octanol–water partition coefficient (Wildman–Crippen LogP) is 4.37. The third-order valence-electron chi connectivity index (χ3n) is 3.50. The van der Waals surface area contributed by atoms with Crippen molar-refractivity contribution in [2.45, 2.75) is 0 Å². The number of nitrogens with zero attached hydrogens (tertiary/aromatic N) is 2. The van der Waals surface area contributed by atoms with Crippen LogP contribution in [0.1, 0.15) is 10.4 Å². The van der Waals surface area contributed by atoms with Gasteiger partial charge in [0.25, 0.3) is 11.6 Å². The standard InChI is InChI=1S/C19H13N2O3/c22-19(15-7-3-1-4-8-15)20(16-9-5-2-6-10-16)17-11-13-18(14-12-17)21(23)24/h1,3-14H. The summed E-state index contributed by atoms with van der Waals surface area (Å²) in [7, 11) is 0. The van der Waals surface area contributed by atoms with Gasteiger partial charge >= 0.3 is 0 Å². The van der Waals surface area contributed by atoms with Gasteiger partial charge in [-0.15, -0.1) is 0 Å². The lowest BCUT2D eigenvalue weighted by Crippen LogP contribution is -2.25. The second-order valence-electron chi connectivity index (χ2n) is 5.04. The van der Waals surface area contributed by atoms with Gasteiger partial charge in [-0.05, 0) is 42.5 Å². The summed E-state index contributed by atoms with van der Waals surface area (Å²) >= 11 is 0. The number of hydrogen-bond acceptors (Lipinski definition) is 3. The third-order valence-corrected chi connectivity index (χ3v) is 3.50. The zero-order chi connectivity index (χ0) is 16.9. The number of carbonyl (C=O) groups is 1. The lowest BCUT2D eigenvalue weighted by molar-refractivity contribution is -0.384. The fraction of sp³-hybridized carbons (Fsp3) is 0. The van der Waals surface area contributed by atoms with Gasteiger partial charge in [-0.25, -0.2) is 0 Å². The van der Waals surface area contributed by atoms with Crippen LogP contribution in [0.3, 0.4) is 0 Å². The first-order valence-corrected chi connectivity index (χ1v) is 7.27. The van der Waals surface area contributed by atoms with Crippen molar-refractivity contribution < 1.29 is 9.72 Å². The van der Waals surface area contributed by atoms with Crippen molar-refractivity contribution in [2.75, 3.05) is 4.90 Å². The van der Waals surface area contributed by atoms with E-state index in [1.807, 2.05) is 6.07 Å². The Hall–Kier alpha value is -3.47. The van der Waals surface area contributed by atoms with Crippen LogP contribution < -0.4 is 4.90 Å². The molecule has 0 N–H and O–H groups in total. The van der Waals surface area contributed by atoms with E-state index in [1.165, 1.54) is 17.0 Å². The molecule has 5 heteroatoms. The quantitative estimate of drug-likeness (QED) is 0.530. The van der Waals surface area contributed by atoms with Crippen molar-refractivity contribution in [2.24, 2.45) is 0 Å². The van der Waals surface area contributed by atoms with Gasteiger partial charge in [0.2, 0.25) is 0 Å². The van der Waals surface area contributed by atoms with Crippen molar-refractivity contribution in [3.05, 3.63) is 101 Å². The van der Waals surface area contributed by atoms with Crippen LogP contribution >= 0.6 is 0 Å². The Kier molecular flexibility index (Phi) is 4.34. The number of amides is 1. The van der Waals surface area contributed by atoms with Crippen molar-refractivity contribution >= 4 is 23.0 Å². The molecule has 117 valence electrons. The minimum absolute atomic E-state index is 0.0211. The van der Waals surface area contributed by atoms with Crippen LogP contribution in [0.15, 0.2) is 78.9 Å². The Balaban J connectivity index is 2.06. The monoisotopic (exact) mass is 317 g/mol. The van der Waals surface area contributed by atoms with Crippen LogP contribution in [0, 0.1) is 16.2 Å². The van der Waals surface area contributed by atoms with E-state index < -0.39 is 4.92 Å². The molecule has 3 rings (SSSR count). The average molecular weight is 317 g/mol. The Morgan fingerprint density at radius 2 is 1.46 bits per heavy atom. The summed E-state index contributed by atoms with van der Waals surface area (Å²) in [6.45, 7) is 0. The highest BCUT2D eigenvalue weighted by molar-refractivity contribution is 6.10. The average Bonchev–Trinajstić information content (AvgIpc) is 2.64. The summed E-state index contributed by atoms with van der Waals surface area (Å²) in [4.78, 5) is 24.8. The van der Waals surface area contributed by atoms with Gasteiger partial charge in [0, 0.05) is 29.1 Å². The number of non-ortho nitro benzene ring substituents is 1. The third kappa shape index (κ3) is 3.15. The van der Waals surface area contributed by atoms with Gasteiger partial charge in [-0.3, -0.25) is 19.8 Å². The fourth-order valence-corrected chi connectivity index (χ4v) is 2.34. The molecule has 0 aliphatic rings. The number of nitro groups is 1. The molecule has 0 aromatic heterocycles. The van der Waals surface area contributed by atoms with E-state index in [0.717, 1.165) is 0 Å². The minimum Gasteiger partial charge on any atom is -0.277 e. The molecule has 0 aliphatic heterocycles. The first-order chi connectivity index (χ1) is 11.7. The van der Waals surface area contributed by atoms with E-state index in [2.05, 4.69) is 6.07 Å². The van der Waals surface area contributed by atoms with Crippen LogP contribution in [-0.4, -0.2) is 10.8 Å². The van der Waals surface area contributed by atoms with Gasteiger partial charge in [-0.1, -0.05) is 30.3 Å². The highest BCUT2D eigenvalue weighted by Gasteiger charge is 2.20. The van der Waals surface area contributed by atoms with Gasteiger partial charge in [0.1, 0.15) is 0 Å². The zero-order valence-electron chi connectivity index (χ0n) is 12.6. The summed E-state index contributed by atoms with van der Waals surface area (Å²) in [5, 5.41) is 10.8. The number of carbonyl (C=O) groups excluding carboxylic acids is 1. The first-order valence-electron chi connectivity index (χ1n) is 7.27. The van der Waals surface area contributed by atoms with Crippen molar-refractivity contribution in [1.29, 1.82) is 0 Å². The Morgan fingerprint density at radius 1 is 0.875 bits per heavy atom. The molecule has 3 aromatic carbocycles. The molecule has 0 saturated heterocycles. The minimum atomic E-state index is -0.468. The van der Waals surface area contributed by atoms with Gasteiger partial charge < -0.3 is 0 Å². The molecule has 0 aliphatic carbocycles. The highest BCUT2D eigenvalue weighted by Crippen LogP contribution is 2.28. The topological polar surface area (TPSA) is 63.5 Å². The van der Waals surface area contributed by atoms with Crippen LogP contribution in [0.4, 0.5) is 17.1 Å². The summed E-state index contributed by atoms with van der Waals surface area (Å²) < 4.78 is 0. The second-order valence-corrected chi connectivity index (χ2v) is 5.04. The molecule has 0 bridgehead atoms. The highest BCUT2D eigenvalue weighted by atomic mass is 16.6. The maximum absolute atomic E-state index is 12.9. The number of anilines is 2. The molecule has 1 amide bonds. The maximum atomic E-state index is 12.9. The number of hydrogen-bond donors (Lipinski definition) is 0. The second kappa shape index (κ2) is 6.75. The van der Waals surface area contributed by atoms with E-state index in [9.17, 15) is 14.9 Å². The van der Waals surface area contributed by atoms with E-state index in [0.29, 0.717) is 16.9 Å². The normalized spacial score (nSPS) is 10.2. The summed E-state index contributed by atoms with van der Waals surface area (Å²) in [6, 6.07) is 24.7. The smallest absolute Gasteiger partial charge is 0.269 e. The number of rotatable bonds is 4. The lowest BCUT2D eigenvalue weighted by atomic mass is 10.1. The Labute approximate surface area is 138 Å². The van der Waals surface area contributed by atoms with Crippen LogP contribution in [0.2, 0.25) is 0 Å². The van der Waals surface area contributed by atoms with Crippen LogP contribution in [0.25, 0.3) is 0 Å². The van der Waals surface area contributed by atoms with Crippen molar-refractivity contribution in [3.8, 4) is 0 Å². The van der Waals surface area contributed by atoms with Crippen LogP contribution in [0.5, 0.6) is 0 Å². The SMILES string of the molecule is O=C(c1ccccc1)N(c1cc[c]cc1)c1ccc([N+](=O)[O-])cc1. The number of nitro benzene ring substituents is 1. The molecule has 0 atom stereocenters.